The summed E-state index contributed by atoms with van der Waals surface area (Å²) in [5.41, 5.74) is 5.63. The molecule has 0 aromatic heterocycles. The molecule has 4 nitrogen and oxygen atoms in total. The van der Waals surface area contributed by atoms with Crippen molar-refractivity contribution in [3.8, 4) is 0 Å². The van der Waals surface area contributed by atoms with Gasteiger partial charge in [0.1, 0.15) is 5.82 Å². The van der Waals surface area contributed by atoms with Crippen molar-refractivity contribution in [1.29, 1.82) is 0 Å². The van der Waals surface area contributed by atoms with Gasteiger partial charge < -0.3 is 5.73 Å². The fourth-order valence-electron chi connectivity index (χ4n) is 1.87. The summed E-state index contributed by atoms with van der Waals surface area (Å²) in [6.07, 6.45) is 0.819. The minimum absolute atomic E-state index is 0.0503. The van der Waals surface area contributed by atoms with Gasteiger partial charge in [-0.3, -0.25) is 0 Å². The van der Waals surface area contributed by atoms with E-state index in [1.165, 1.54) is 6.07 Å². The van der Waals surface area contributed by atoms with Crippen LogP contribution in [0.3, 0.4) is 0 Å². The molecule has 1 heterocycles. The Balaban J connectivity index is 2.31. The quantitative estimate of drug-likeness (QED) is 0.828. The van der Waals surface area contributed by atoms with E-state index in [9.17, 15) is 12.8 Å². The van der Waals surface area contributed by atoms with E-state index < -0.39 is 15.8 Å². The lowest BCUT2D eigenvalue weighted by molar-refractivity contribution is 0.562. The molecule has 0 aliphatic carbocycles. The Morgan fingerprint density at radius 2 is 2.22 bits per heavy atom. The smallest absolute Gasteiger partial charge is 0.241 e. The number of nitrogens with one attached hydrogen (secondary N) is 1. The fraction of sp³-hybridized carbons (Fsp3) is 0.455. The molecular weight excluding hydrogens is 275 g/mol. The zero-order valence-electron chi connectivity index (χ0n) is 9.94. The van der Waals surface area contributed by atoms with Gasteiger partial charge in [0.15, 0.2) is 0 Å². The van der Waals surface area contributed by atoms with E-state index in [1.54, 1.807) is 18.7 Å². The molecule has 1 unspecified atom stereocenters. The van der Waals surface area contributed by atoms with Crippen LogP contribution in [-0.4, -0.2) is 26.0 Å². The van der Waals surface area contributed by atoms with Gasteiger partial charge in [0.25, 0.3) is 0 Å². The molecule has 2 rings (SSSR count). The Morgan fingerprint density at radius 3 is 2.83 bits per heavy atom. The predicted molar refractivity (Wildman–Crippen MR) is 71.6 cm³/mol. The van der Waals surface area contributed by atoms with E-state index in [2.05, 4.69) is 4.72 Å². The Labute approximate surface area is 110 Å². The van der Waals surface area contributed by atoms with Gasteiger partial charge in [-0.2, -0.15) is 11.8 Å². The highest BCUT2D eigenvalue weighted by Gasteiger charge is 2.25. The van der Waals surface area contributed by atoms with E-state index in [0.717, 1.165) is 24.0 Å². The first-order chi connectivity index (χ1) is 8.40. The lowest BCUT2D eigenvalue weighted by Gasteiger charge is -2.14. The van der Waals surface area contributed by atoms with Gasteiger partial charge in [-0.1, -0.05) is 0 Å². The number of halogens is 1. The third-order valence-corrected chi connectivity index (χ3v) is 5.66. The van der Waals surface area contributed by atoms with Crippen molar-refractivity contribution in [2.75, 3.05) is 17.2 Å². The highest BCUT2D eigenvalue weighted by molar-refractivity contribution is 7.99. The van der Waals surface area contributed by atoms with Crippen molar-refractivity contribution in [2.24, 2.45) is 0 Å². The molecule has 0 saturated carbocycles. The maximum atomic E-state index is 13.2. The molecule has 1 aliphatic heterocycles. The summed E-state index contributed by atoms with van der Waals surface area (Å²) < 4.78 is 40.2. The maximum Gasteiger partial charge on any atom is 0.241 e. The zero-order valence-corrected chi connectivity index (χ0v) is 11.6. The molecular formula is C11H15FN2O2S2. The number of hydrogen-bond acceptors (Lipinski definition) is 4. The minimum atomic E-state index is -3.62. The number of thioether (sulfide) groups is 1. The molecule has 18 heavy (non-hydrogen) atoms. The van der Waals surface area contributed by atoms with E-state index in [4.69, 9.17) is 5.73 Å². The molecule has 1 saturated heterocycles. The number of benzene rings is 1. The third kappa shape index (κ3) is 2.78. The monoisotopic (exact) mass is 290 g/mol. The second kappa shape index (κ2) is 5.07. The first kappa shape index (κ1) is 13.6. The van der Waals surface area contributed by atoms with Gasteiger partial charge in [0.2, 0.25) is 10.0 Å². The molecule has 0 radical (unpaired) electrons. The van der Waals surface area contributed by atoms with Crippen molar-refractivity contribution in [3.63, 3.8) is 0 Å². The Kier molecular flexibility index (Phi) is 3.84. The third-order valence-electron chi connectivity index (χ3n) is 2.84. The molecule has 0 spiro atoms. The molecule has 7 heteroatoms. The van der Waals surface area contributed by atoms with Crippen LogP contribution in [0.25, 0.3) is 0 Å². The van der Waals surface area contributed by atoms with E-state index in [0.29, 0.717) is 5.56 Å². The summed E-state index contributed by atoms with van der Waals surface area (Å²) in [4.78, 5) is 0.0540. The number of sulfonamides is 1. The molecule has 1 aromatic rings. The van der Waals surface area contributed by atoms with Crippen LogP contribution in [0.2, 0.25) is 0 Å². The van der Waals surface area contributed by atoms with E-state index >= 15 is 0 Å². The van der Waals surface area contributed by atoms with Crippen LogP contribution in [0, 0.1) is 12.7 Å². The van der Waals surface area contributed by atoms with Crippen LogP contribution >= 0.6 is 11.8 Å². The van der Waals surface area contributed by atoms with E-state index in [-0.39, 0.29) is 16.6 Å². The molecule has 100 valence electrons. The van der Waals surface area contributed by atoms with Crippen LogP contribution < -0.4 is 10.5 Å². The van der Waals surface area contributed by atoms with Gasteiger partial charge in [-0.25, -0.2) is 17.5 Å². The van der Waals surface area contributed by atoms with Crippen molar-refractivity contribution in [3.05, 3.63) is 23.5 Å². The highest BCUT2D eigenvalue weighted by Crippen LogP contribution is 2.24. The number of hydrogen-bond donors (Lipinski definition) is 2. The average Bonchev–Trinajstić information content (AvgIpc) is 2.75. The maximum absolute atomic E-state index is 13.2. The number of nitrogens with two attached hydrogens (primary N) is 1. The summed E-state index contributed by atoms with van der Waals surface area (Å²) in [7, 11) is -3.62. The summed E-state index contributed by atoms with van der Waals surface area (Å²) in [5, 5.41) is 0. The minimum Gasteiger partial charge on any atom is -0.396 e. The number of anilines is 1. The zero-order chi connectivity index (χ0) is 13.3. The second-order valence-electron chi connectivity index (χ2n) is 4.32. The molecule has 0 amide bonds. The van der Waals surface area contributed by atoms with Crippen molar-refractivity contribution in [1.82, 2.24) is 4.72 Å². The number of nitrogen functional groups attached to an aromatic ring is 1. The number of aryl methyl sites for hydroxylation is 1. The Hall–Kier alpha value is -0.790. The number of rotatable bonds is 3. The van der Waals surface area contributed by atoms with Crippen LogP contribution in [0.4, 0.5) is 10.1 Å². The van der Waals surface area contributed by atoms with Gasteiger partial charge in [-0.05, 0) is 36.8 Å². The van der Waals surface area contributed by atoms with Crippen LogP contribution in [0.5, 0.6) is 0 Å². The average molecular weight is 290 g/mol. The topological polar surface area (TPSA) is 72.2 Å². The molecule has 1 aromatic carbocycles. The summed E-state index contributed by atoms with van der Waals surface area (Å²) in [6, 6.07) is 2.27. The van der Waals surface area contributed by atoms with Crippen molar-refractivity contribution in [2.45, 2.75) is 24.3 Å². The Bertz CT molecular complexity index is 554. The lowest BCUT2D eigenvalue weighted by Crippen LogP contribution is -2.35. The highest BCUT2D eigenvalue weighted by atomic mass is 32.2. The van der Waals surface area contributed by atoms with Gasteiger partial charge in [0, 0.05) is 11.8 Å². The standard InChI is InChI=1S/C11H15FN2O2S2/c1-7-4-9(12)10(13)5-11(7)18(15,16)14-8-2-3-17-6-8/h4-5,8,14H,2-3,6,13H2,1H3. The van der Waals surface area contributed by atoms with Crippen LogP contribution in [0.15, 0.2) is 17.0 Å². The first-order valence-corrected chi connectivity index (χ1v) is 8.19. The first-order valence-electron chi connectivity index (χ1n) is 5.56. The normalized spacial score (nSPS) is 20.2. The van der Waals surface area contributed by atoms with Gasteiger partial charge in [-0.15, -0.1) is 0 Å². The van der Waals surface area contributed by atoms with Crippen LogP contribution in [-0.2, 0) is 10.0 Å². The van der Waals surface area contributed by atoms with Gasteiger partial charge >= 0.3 is 0 Å². The SMILES string of the molecule is Cc1cc(F)c(N)cc1S(=O)(=O)NC1CCSC1. The molecule has 1 atom stereocenters. The van der Waals surface area contributed by atoms with E-state index in [1.807, 2.05) is 0 Å². The molecule has 0 bridgehead atoms. The lowest BCUT2D eigenvalue weighted by atomic mass is 10.2. The molecule has 1 aliphatic rings. The summed E-state index contributed by atoms with van der Waals surface area (Å²) in [6.45, 7) is 1.56. The second-order valence-corrected chi connectivity index (χ2v) is 7.15. The summed E-state index contributed by atoms with van der Waals surface area (Å²) >= 11 is 1.72. The van der Waals surface area contributed by atoms with Gasteiger partial charge in [0.05, 0.1) is 10.6 Å². The Morgan fingerprint density at radius 1 is 1.50 bits per heavy atom. The molecule has 1 fully saturated rings. The summed E-state index contributed by atoms with van der Waals surface area (Å²) in [5.74, 6) is 1.13. The van der Waals surface area contributed by atoms with Crippen molar-refractivity contribution >= 4 is 27.5 Å². The van der Waals surface area contributed by atoms with Crippen molar-refractivity contribution < 1.29 is 12.8 Å². The largest absolute Gasteiger partial charge is 0.396 e. The predicted octanol–water partition coefficient (Wildman–Crippen LogP) is 1.50. The fourth-order valence-corrected chi connectivity index (χ4v) is 4.66. The van der Waals surface area contributed by atoms with Crippen LogP contribution in [0.1, 0.15) is 12.0 Å². The molecule has 3 N–H and O–H groups in total.